The molecular formula is C13H11ClOS2. The van der Waals surface area contributed by atoms with Crippen LogP contribution in [0, 0.1) is 18.8 Å². The number of thiophene rings is 2. The zero-order valence-electron chi connectivity index (χ0n) is 9.24. The van der Waals surface area contributed by atoms with Gasteiger partial charge in [-0.2, -0.15) is 0 Å². The molecule has 0 amide bonds. The third-order valence-electron chi connectivity index (χ3n) is 2.10. The summed E-state index contributed by atoms with van der Waals surface area (Å²) in [5.41, 5.74) is 0. The summed E-state index contributed by atoms with van der Waals surface area (Å²) in [5, 5.41) is 9.25. The molecule has 17 heavy (non-hydrogen) atoms. The van der Waals surface area contributed by atoms with Gasteiger partial charge in [0.05, 0.1) is 10.8 Å². The Balaban J connectivity index is 2.18. The van der Waals surface area contributed by atoms with Gasteiger partial charge in [-0.15, -0.1) is 34.3 Å². The van der Waals surface area contributed by atoms with Crippen molar-refractivity contribution in [1.82, 2.24) is 0 Å². The van der Waals surface area contributed by atoms with Gasteiger partial charge in [0.1, 0.15) is 6.10 Å². The lowest BCUT2D eigenvalue weighted by Gasteiger charge is -1.91. The molecule has 0 spiro atoms. The van der Waals surface area contributed by atoms with Gasteiger partial charge in [-0.3, -0.25) is 0 Å². The van der Waals surface area contributed by atoms with Crippen LogP contribution in [-0.2, 0) is 0 Å². The van der Waals surface area contributed by atoms with E-state index >= 15 is 0 Å². The Labute approximate surface area is 114 Å². The van der Waals surface area contributed by atoms with Crippen LogP contribution in [-0.4, -0.2) is 17.1 Å². The van der Waals surface area contributed by atoms with Crippen molar-refractivity contribution in [2.75, 3.05) is 5.88 Å². The summed E-state index contributed by atoms with van der Waals surface area (Å²) < 4.78 is 0. The van der Waals surface area contributed by atoms with Gasteiger partial charge in [0.2, 0.25) is 0 Å². The molecule has 0 fully saturated rings. The molecular weight excluding hydrogens is 272 g/mol. The molecule has 2 rings (SSSR count). The van der Waals surface area contributed by atoms with E-state index in [1.54, 1.807) is 22.7 Å². The molecule has 1 N–H and O–H groups in total. The van der Waals surface area contributed by atoms with E-state index < -0.39 is 6.10 Å². The quantitative estimate of drug-likeness (QED) is 0.657. The molecule has 2 aromatic heterocycles. The average Bonchev–Trinajstić information content (AvgIpc) is 2.94. The Morgan fingerprint density at radius 1 is 1.24 bits per heavy atom. The SMILES string of the molecule is Cc1ccc(-c2ccc(C#CC(O)CCl)s2)s1. The molecule has 0 aliphatic heterocycles. The number of hydrogen-bond acceptors (Lipinski definition) is 3. The van der Waals surface area contributed by atoms with Gasteiger partial charge in [0, 0.05) is 14.6 Å². The predicted octanol–water partition coefficient (Wildman–Crippen LogP) is 3.74. The van der Waals surface area contributed by atoms with Crippen molar-refractivity contribution in [2.45, 2.75) is 13.0 Å². The Morgan fingerprint density at radius 2 is 1.94 bits per heavy atom. The minimum absolute atomic E-state index is 0.148. The summed E-state index contributed by atoms with van der Waals surface area (Å²) in [4.78, 5) is 4.74. The molecule has 88 valence electrons. The maximum absolute atomic E-state index is 9.25. The monoisotopic (exact) mass is 282 g/mol. The van der Waals surface area contributed by atoms with Crippen molar-refractivity contribution in [3.63, 3.8) is 0 Å². The van der Waals surface area contributed by atoms with Gasteiger partial charge in [0.15, 0.2) is 0 Å². The fraction of sp³-hybridized carbons (Fsp3) is 0.231. The molecule has 0 aromatic carbocycles. The summed E-state index contributed by atoms with van der Waals surface area (Å²) in [7, 11) is 0. The van der Waals surface area contributed by atoms with E-state index in [9.17, 15) is 5.11 Å². The Bertz CT molecular complexity index is 559. The lowest BCUT2D eigenvalue weighted by atomic mass is 10.3. The van der Waals surface area contributed by atoms with Crippen LogP contribution in [0.5, 0.6) is 0 Å². The third kappa shape index (κ3) is 3.34. The van der Waals surface area contributed by atoms with Crippen LogP contribution in [0.1, 0.15) is 9.75 Å². The number of aliphatic hydroxyl groups excluding tert-OH is 1. The second-order valence-electron chi connectivity index (χ2n) is 3.51. The third-order valence-corrected chi connectivity index (χ3v) is 4.59. The van der Waals surface area contributed by atoms with Crippen molar-refractivity contribution < 1.29 is 5.11 Å². The summed E-state index contributed by atoms with van der Waals surface area (Å²) >= 11 is 8.88. The molecule has 0 aliphatic carbocycles. The fourth-order valence-electron chi connectivity index (χ4n) is 1.30. The smallest absolute Gasteiger partial charge is 0.128 e. The summed E-state index contributed by atoms with van der Waals surface area (Å²) in [6.45, 7) is 2.10. The van der Waals surface area contributed by atoms with Crippen molar-refractivity contribution in [2.24, 2.45) is 0 Å². The van der Waals surface area contributed by atoms with Crippen LogP contribution in [0.3, 0.4) is 0 Å². The van der Waals surface area contributed by atoms with Gasteiger partial charge >= 0.3 is 0 Å². The Hall–Kier alpha value is -0.790. The second-order valence-corrected chi connectivity index (χ2v) is 6.19. The summed E-state index contributed by atoms with van der Waals surface area (Å²) in [6, 6.07) is 8.27. The van der Waals surface area contributed by atoms with Gasteiger partial charge in [-0.1, -0.05) is 11.8 Å². The normalized spacial score (nSPS) is 11.9. The first kappa shape index (κ1) is 12.7. The summed E-state index contributed by atoms with van der Waals surface area (Å²) in [6.07, 6.45) is -0.744. The van der Waals surface area contributed by atoms with Crippen molar-refractivity contribution in [1.29, 1.82) is 0 Å². The van der Waals surface area contributed by atoms with Crippen molar-refractivity contribution in [3.8, 4) is 21.6 Å². The number of hydrogen-bond donors (Lipinski definition) is 1. The van der Waals surface area contributed by atoms with Crippen LogP contribution in [0.15, 0.2) is 24.3 Å². The molecule has 0 radical (unpaired) electrons. The number of rotatable bonds is 2. The minimum atomic E-state index is -0.744. The topological polar surface area (TPSA) is 20.2 Å². The predicted molar refractivity (Wildman–Crippen MR) is 76.0 cm³/mol. The van der Waals surface area contributed by atoms with Crippen LogP contribution >= 0.6 is 34.3 Å². The largest absolute Gasteiger partial charge is 0.379 e. The van der Waals surface area contributed by atoms with Crippen LogP contribution in [0.4, 0.5) is 0 Å². The second kappa shape index (κ2) is 5.70. The van der Waals surface area contributed by atoms with Gasteiger partial charge in [-0.05, 0) is 31.2 Å². The minimum Gasteiger partial charge on any atom is -0.379 e. The van der Waals surface area contributed by atoms with E-state index in [4.69, 9.17) is 11.6 Å². The molecule has 1 atom stereocenters. The average molecular weight is 283 g/mol. The van der Waals surface area contributed by atoms with Crippen LogP contribution in [0.25, 0.3) is 9.75 Å². The van der Waals surface area contributed by atoms with E-state index in [-0.39, 0.29) is 5.88 Å². The van der Waals surface area contributed by atoms with Crippen molar-refractivity contribution >= 4 is 34.3 Å². The number of halogens is 1. The molecule has 0 saturated carbocycles. The van der Waals surface area contributed by atoms with Gasteiger partial charge < -0.3 is 5.11 Å². The molecule has 1 nitrogen and oxygen atoms in total. The molecule has 2 heterocycles. The first-order valence-electron chi connectivity index (χ1n) is 5.11. The molecule has 0 bridgehead atoms. The van der Waals surface area contributed by atoms with E-state index in [1.165, 1.54) is 14.6 Å². The first-order chi connectivity index (χ1) is 8.19. The zero-order valence-corrected chi connectivity index (χ0v) is 11.6. The highest BCUT2D eigenvalue weighted by Crippen LogP contribution is 2.32. The molecule has 0 aliphatic rings. The standard InChI is InChI=1S/C13H11ClOS2/c1-9-2-6-12(16-9)13-7-5-11(17-13)4-3-10(15)8-14/h2,5-7,10,15H,8H2,1H3. The van der Waals surface area contributed by atoms with E-state index in [2.05, 4.69) is 37.0 Å². The number of aliphatic hydroxyl groups is 1. The van der Waals surface area contributed by atoms with Crippen LogP contribution in [0.2, 0.25) is 0 Å². The lowest BCUT2D eigenvalue weighted by Crippen LogP contribution is -2.03. The molecule has 0 saturated heterocycles. The molecule has 2 aromatic rings. The van der Waals surface area contributed by atoms with E-state index in [0.717, 1.165) is 4.88 Å². The number of aryl methyl sites for hydroxylation is 1. The Kier molecular flexibility index (Phi) is 4.25. The molecule has 4 heteroatoms. The highest BCUT2D eigenvalue weighted by atomic mass is 35.5. The summed E-state index contributed by atoms with van der Waals surface area (Å²) in [5.74, 6) is 5.79. The van der Waals surface area contributed by atoms with Crippen LogP contribution < -0.4 is 0 Å². The maximum atomic E-state index is 9.25. The fourth-order valence-corrected chi connectivity index (χ4v) is 3.20. The first-order valence-corrected chi connectivity index (χ1v) is 7.28. The van der Waals surface area contributed by atoms with Gasteiger partial charge in [-0.25, -0.2) is 0 Å². The zero-order chi connectivity index (χ0) is 12.3. The maximum Gasteiger partial charge on any atom is 0.128 e. The van der Waals surface area contributed by atoms with Crippen molar-refractivity contribution in [3.05, 3.63) is 34.0 Å². The molecule has 1 unspecified atom stereocenters. The van der Waals surface area contributed by atoms with E-state index in [1.807, 2.05) is 6.07 Å². The lowest BCUT2D eigenvalue weighted by molar-refractivity contribution is 0.256. The van der Waals surface area contributed by atoms with E-state index in [0.29, 0.717) is 0 Å². The highest BCUT2D eigenvalue weighted by Gasteiger charge is 2.03. The number of alkyl halides is 1. The van der Waals surface area contributed by atoms with Gasteiger partial charge in [0.25, 0.3) is 0 Å². The Morgan fingerprint density at radius 3 is 2.59 bits per heavy atom. The highest BCUT2D eigenvalue weighted by molar-refractivity contribution is 7.22.